The number of aromatic nitrogens is 1. The van der Waals surface area contributed by atoms with Gasteiger partial charge in [-0.15, -0.1) is 11.3 Å². The molecule has 0 aliphatic carbocycles. The Hall–Kier alpha value is -0.960. The van der Waals surface area contributed by atoms with Crippen LogP contribution in [0.2, 0.25) is 0 Å². The Labute approximate surface area is 67.5 Å². The maximum Gasteiger partial charge on any atom is 0.127 e. The highest BCUT2D eigenvalue weighted by Gasteiger charge is 2.03. The number of thiazole rings is 1. The smallest absolute Gasteiger partial charge is 0.127 e. The van der Waals surface area contributed by atoms with E-state index in [1.165, 1.54) is 17.4 Å². The molecule has 0 aliphatic heterocycles. The maximum absolute atomic E-state index is 12.9. The normalized spacial score (nSPS) is 10.7. The molecular formula is C8H6FNS. The van der Waals surface area contributed by atoms with Gasteiger partial charge in [0.05, 0.1) is 15.7 Å². The van der Waals surface area contributed by atoms with E-state index in [0.29, 0.717) is 5.56 Å². The molecule has 1 nitrogen and oxygen atoms in total. The van der Waals surface area contributed by atoms with Crippen molar-refractivity contribution in [1.29, 1.82) is 0 Å². The van der Waals surface area contributed by atoms with E-state index in [-0.39, 0.29) is 5.82 Å². The number of hydrogen-bond donors (Lipinski definition) is 0. The molecule has 2 aromatic rings. The summed E-state index contributed by atoms with van der Waals surface area (Å²) in [6.07, 6.45) is 0. The zero-order valence-electron chi connectivity index (χ0n) is 5.97. The van der Waals surface area contributed by atoms with Crippen molar-refractivity contribution in [3.63, 3.8) is 0 Å². The molecule has 0 atom stereocenters. The van der Waals surface area contributed by atoms with Gasteiger partial charge in [-0.1, -0.05) is 0 Å². The van der Waals surface area contributed by atoms with Crippen LogP contribution in [0.5, 0.6) is 0 Å². The molecule has 0 fully saturated rings. The second-order valence-corrected chi connectivity index (χ2v) is 3.23. The standard InChI is InChI=1S/C8H6FNS/c1-5-6(9)2-3-7-8(5)11-4-10-7/h2-4H,1H3. The van der Waals surface area contributed by atoms with Gasteiger partial charge in [0, 0.05) is 5.56 Å². The fraction of sp³-hybridized carbons (Fsp3) is 0.125. The van der Waals surface area contributed by atoms with Crippen molar-refractivity contribution in [2.45, 2.75) is 6.92 Å². The van der Waals surface area contributed by atoms with Gasteiger partial charge in [0.25, 0.3) is 0 Å². The SMILES string of the molecule is Cc1c(F)ccc2ncsc12. The first-order valence-corrected chi connectivity index (χ1v) is 4.15. The fourth-order valence-corrected chi connectivity index (χ4v) is 1.83. The van der Waals surface area contributed by atoms with Crippen LogP contribution >= 0.6 is 11.3 Å². The molecule has 3 heteroatoms. The van der Waals surface area contributed by atoms with E-state index in [1.807, 2.05) is 0 Å². The Bertz CT molecular complexity index is 394. The van der Waals surface area contributed by atoms with Crippen molar-refractivity contribution >= 4 is 21.6 Å². The van der Waals surface area contributed by atoms with Crippen LogP contribution in [0, 0.1) is 12.7 Å². The third-order valence-corrected chi connectivity index (χ3v) is 2.64. The van der Waals surface area contributed by atoms with Crippen LogP contribution in [-0.2, 0) is 0 Å². The van der Waals surface area contributed by atoms with E-state index in [0.717, 1.165) is 10.2 Å². The molecule has 0 aliphatic rings. The van der Waals surface area contributed by atoms with Crippen LogP contribution in [0.15, 0.2) is 17.6 Å². The lowest BCUT2D eigenvalue weighted by Crippen LogP contribution is -1.80. The molecule has 0 spiro atoms. The van der Waals surface area contributed by atoms with Gasteiger partial charge in [0.15, 0.2) is 0 Å². The van der Waals surface area contributed by atoms with Crippen molar-refractivity contribution in [2.24, 2.45) is 0 Å². The summed E-state index contributed by atoms with van der Waals surface area (Å²) in [5.74, 6) is -0.151. The second kappa shape index (κ2) is 2.27. The van der Waals surface area contributed by atoms with Crippen LogP contribution in [0.25, 0.3) is 10.2 Å². The van der Waals surface area contributed by atoms with Gasteiger partial charge in [-0.2, -0.15) is 0 Å². The van der Waals surface area contributed by atoms with E-state index < -0.39 is 0 Å². The summed E-state index contributed by atoms with van der Waals surface area (Å²) in [6, 6.07) is 3.16. The molecule has 0 unspecified atom stereocenters. The Morgan fingerprint density at radius 2 is 2.27 bits per heavy atom. The summed E-state index contributed by atoms with van der Waals surface area (Å²) in [5.41, 5.74) is 3.32. The fourth-order valence-electron chi connectivity index (χ4n) is 1.04. The lowest BCUT2D eigenvalue weighted by Gasteiger charge is -1.94. The zero-order valence-corrected chi connectivity index (χ0v) is 6.78. The molecule has 0 N–H and O–H groups in total. The third kappa shape index (κ3) is 0.922. The Balaban J connectivity index is 2.93. The van der Waals surface area contributed by atoms with E-state index in [4.69, 9.17) is 0 Å². The number of aryl methyl sites for hydroxylation is 1. The first kappa shape index (κ1) is 6.73. The average molecular weight is 167 g/mol. The summed E-state index contributed by atoms with van der Waals surface area (Å²) in [5, 5.41) is 0. The zero-order chi connectivity index (χ0) is 7.84. The van der Waals surface area contributed by atoms with E-state index in [9.17, 15) is 4.39 Å². The molecular weight excluding hydrogens is 161 g/mol. The van der Waals surface area contributed by atoms with Crippen LogP contribution < -0.4 is 0 Å². The Kier molecular flexibility index (Phi) is 1.39. The van der Waals surface area contributed by atoms with E-state index in [1.54, 1.807) is 18.5 Å². The highest BCUT2D eigenvalue weighted by atomic mass is 32.1. The van der Waals surface area contributed by atoms with Crippen LogP contribution in [0.1, 0.15) is 5.56 Å². The third-order valence-electron chi connectivity index (χ3n) is 1.68. The molecule has 0 saturated heterocycles. The summed E-state index contributed by atoms with van der Waals surface area (Å²) >= 11 is 1.48. The lowest BCUT2D eigenvalue weighted by atomic mass is 10.2. The van der Waals surface area contributed by atoms with Gasteiger partial charge < -0.3 is 0 Å². The van der Waals surface area contributed by atoms with Gasteiger partial charge in [-0.05, 0) is 19.1 Å². The highest BCUT2D eigenvalue weighted by molar-refractivity contribution is 7.16. The minimum absolute atomic E-state index is 0.151. The predicted octanol–water partition coefficient (Wildman–Crippen LogP) is 2.74. The Morgan fingerprint density at radius 3 is 3.09 bits per heavy atom. The largest absolute Gasteiger partial charge is 0.245 e. The molecule has 1 aromatic heterocycles. The van der Waals surface area contributed by atoms with Crippen LogP contribution in [0.4, 0.5) is 4.39 Å². The van der Waals surface area contributed by atoms with Crippen molar-refractivity contribution in [1.82, 2.24) is 4.98 Å². The van der Waals surface area contributed by atoms with Gasteiger partial charge in [-0.3, -0.25) is 0 Å². The Morgan fingerprint density at radius 1 is 1.45 bits per heavy atom. The van der Waals surface area contributed by atoms with Gasteiger partial charge in [0.2, 0.25) is 0 Å². The van der Waals surface area contributed by atoms with Crippen LogP contribution in [0.3, 0.4) is 0 Å². The minimum atomic E-state index is -0.151. The molecule has 0 amide bonds. The molecule has 1 heterocycles. The second-order valence-electron chi connectivity index (χ2n) is 2.37. The molecule has 0 bridgehead atoms. The summed E-state index contributed by atoms with van der Waals surface area (Å²) in [6.45, 7) is 1.77. The number of benzene rings is 1. The summed E-state index contributed by atoms with van der Waals surface area (Å²) in [7, 11) is 0. The van der Waals surface area contributed by atoms with Crippen LogP contribution in [-0.4, -0.2) is 4.98 Å². The van der Waals surface area contributed by atoms with E-state index in [2.05, 4.69) is 4.98 Å². The number of nitrogens with zero attached hydrogens (tertiary/aromatic N) is 1. The molecule has 11 heavy (non-hydrogen) atoms. The quantitative estimate of drug-likeness (QED) is 0.588. The maximum atomic E-state index is 12.9. The number of rotatable bonds is 0. The van der Waals surface area contributed by atoms with Crippen molar-refractivity contribution in [2.75, 3.05) is 0 Å². The molecule has 1 aromatic carbocycles. The topological polar surface area (TPSA) is 12.9 Å². The molecule has 0 saturated carbocycles. The summed E-state index contributed by atoms with van der Waals surface area (Å²) < 4.78 is 13.9. The predicted molar refractivity (Wildman–Crippen MR) is 44.3 cm³/mol. The minimum Gasteiger partial charge on any atom is -0.245 e. The van der Waals surface area contributed by atoms with Gasteiger partial charge in [-0.25, -0.2) is 9.37 Å². The molecule has 2 rings (SSSR count). The first-order chi connectivity index (χ1) is 5.29. The first-order valence-electron chi connectivity index (χ1n) is 3.27. The van der Waals surface area contributed by atoms with Crippen molar-refractivity contribution < 1.29 is 4.39 Å². The monoisotopic (exact) mass is 167 g/mol. The van der Waals surface area contributed by atoms with Crippen molar-refractivity contribution in [3.05, 3.63) is 29.0 Å². The average Bonchev–Trinajstić information content (AvgIpc) is 2.45. The lowest BCUT2D eigenvalue weighted by molar-refractivity contribution is 0.621. The number of fused-ring (bicyclic) bond motifs is 1. The number of hydrogen-bond acceptors (Lipinski definition) is 2. The van der Waals surface area contributed by atoms with Crippen molar-refractivity contribution in [3.8, 4) is 0 Å². The molecule has 0 radical (unpaired) electrons. The summed E-state index contributed by atoms with van der Waals surface area (Å²) in [4.78, 5) is 4.07. The molecule has 56 valence electrons. The highest BCUT2D eigenvalue weighted by Crippen LogP contribution is 2.23. The van der Waals surface area contributed by atoms with Gasteiger partial charge >= 0.3 is 0 Å². The van der Waals surface area contributed by atoms with E-state index >= 15 is 0 Å². The van der Waals surface area contributed by atoms with Gasteiger partial charge in [0.1, 0.15) is 5.82 Å². The number of halogens is 1.